The van der Waals surface area contributed by atoms with Crippen LogP contribution in [0.5, 0.6) is 17.2 Å². The van der Waals surface area contributed by atoms with E-state index in [1.807, 2.05) is 18.2 Å². The number of nitrogens with two attached hydrogens (primary N) is 1. The highest BCUT2D eigenvalue weighted by Gasteiger charge is 2.16. The molecule has 0 aromatic heterocycles. The van der Waals surface area contributed by atoms with Gasteiger partial charge in [-0.25, -0.2) is 4.79 Å². The lowest BCUT2D eigenvalue weighted by atomic mass is 10.0. The predicted molar refractivity (Wildman–Crippen MR) is 114 cm³/mol. The van der Waals surface area contributed by atoms with E-state index in [0.29, 0.717) is 5.75 Å². The van der Waals surface area contributed by atoms with E-state index in [1.54, 1.807) is 6.07 Å². The normalized spacial score (nSPS) is 16.1. The minimum absolute atomic E-state index is 0.442. The Morgan fingerprint density at radius 1 is 1.07 bits per heavy atom. The number of nitrogens with one attached hydrogen (secondary N) is 1. The van der Waals surface area contributed by atoms with Gasteiger partial charge in [-0.1, -0.05) is 12.1 Å². The molecule has 2 heterocycles. The molecule has 30 heavy (non-hydrogen) atoms. The molecular weight excluding hydrogens is 382 g/mol. The third-order valence-corrected chi connectivity index (χ3v) is 5.52. The Morgan fingerprint density at radius 3 is 2.57 bits per heavy atom. The fourth-order valence-corrected chi connectivity index (χ4v) is 3.94. The third-order valence-electron chi connectivity index (χ3n) is 5.52. The summed E-state index contributed by atoms with van der Waals surface area (Å²) in [6.07, 6.45) is 2.01. The fourth-order valence-electron chi connectivity index (χ4n) is 3.94. The van der Waals surface area contributed by atoms with Crippen molar-refractivity contribution < 1.29 is 19.0 Å². The van der Waals surface area contributed by atoms with Gasteiger partial charge in [0.25, 0.3) is 0 Å². The molecule has 0 bridgehead atoms. The first-order valence-electron chi connectivity index (χ1n) is 10.6. The van der Waals surface area contributed by atoms with Crippen molar-refractivity contribution >= 4 is 6.09 Å². The van der Waals surface area contributed by atoms with Crippen molar-refractivity contribution in [3.63, 3.8) is 0 Å². The first kappa shape index (κ1) is 20.7. The summed E-state index contributed by atoms with van der Waals surface area (Å²) in [6.45, 7) is 6.77. The number of carbonyl (C=O) groups is 1. The molecule has 2 aromatic carbocycles. The van der Waals surface area contributed by atoms with Crippen LogP contribution in [0.1, 0.15) is 23.1 Å². The lowest BCUT2D eigenvalue weighted by Gasteiger charge is -2.26. The molecule has 0 atom stereocenters. The predicted octanol–water partition coefficient (Wildman–Crippen LogP) is 2.85. The first-order valence-corrected chi connectivity index (χ1v) is 10.6. The second kappa shape index (κ2) is 9.93. The van der Waals surface area contributed by atoms with Crippen molar-refractivity contribution in [2.45, 2.75) is 25.8 Å². The van der Waals surface area contributed by atoms with Gasteiger partial charge >= 0.3 is 6.09 Å². The number of hydrogen-bond donors (Lipinski definition) is 2. The van der Waals surface area contributed by atoms with E-state index in [2.05, 4.69) is 22.3 Å². The monoisotopic (exact) mass is 411 g/mol. The number of rotatable bonds is 7. The van der Waals surface area contributed by atoms with Gasteiger partial charge in [-0.2, -0.15) is 0 Å². The molecule has 2 aliphatic rings. The molecule has 2 aromatic rings. The molecule has 1 amide bonds. The fraction of sp³-hybridized carbons (Fsp3) is 0.435. The molecule has 7 heteroatoms. The highest BCUT2D eigenvalue weighted by atomic mass is 16.5. The molecule has 0 saturated carbocycles. The van der Waals surface area contributed by atoms with Crippen molar-refractivity contribution in [1.29, 1.82) is 0 Å². The summed E-state index contributed by atoms with van der Waals surface area (Å²) in [4.78, 5) is 13.4. The number of amides is 1. The maximum absolute atomic E-state index is 11.0. The summed E-state index contributed by atoms with van der Waals surface area (Å²) in [7, 11) is 0. The highest BCUT2D eigenvalue weighted by molar-refractivity contribution is 5.68. The Labute approximate surface area is 177 Å². The van der Waals surface area contributed by atoms with E-state index < -0.39 is 6.09 Å². The van der Waals surface area contributed by atoms with Crippen LogP contribution in [-0.2, 0) is 24.1 Å². The van der Waals surface area contributed by atoms with Crippen LogP contribution in [0, 0.1) is 0 Å². The summed E-state index contributed by atoms with van der Waals surface area (Å²) in [5, 5.41) is 3.55. The molecular formula is C23H29N3O4. The Kier molecular flexibility index (Phi) is 6.84. The van der Waals surface area contributed by atoms with Crippen LogP contribution >= 0.6 is 0 Å². The summed E-state index contributed by atoms with van der Waals surface area (Å²) in [5.74, 6) is 2.12. The van der Waals surface area contributed by atoms with Gasteiger partial charge in [0.05, 0.1) is 13.2 Å². The summed E-state index contributed by atoms with van der Waals surface area (Å²) < 4.78 is 16.5. The number of ether oxygens (including phenoxy) is 3. The Hall–Kier alpha value is -2.61. The van der Waals surface area contributed by atoms with Gasteiger partial charge in [0.2, 0.25) is 0 Å². The zero-order valence-electron chi connectivity index (χ0n) is 17.2. The smallest absolute Gasteiger partial charge is 0.409 e. The van der Waals surface area contributed by atoms with Crippen molar-refractivity contribution in [3.05, 3.63) is 53.1 Å². The average molecular weight is 412 g/mol. The largest absolute Gasteiger partial charge is 0.457 e. The maximum Gasteiger partial charge on any atom is 0.409 e. The number of hydrogen-bond acceptors (Lipinski definition) is 6. The number of nitrogens with zero attached hydrogens (tertiary/aromatic N) is 1. The summed E-state index contributed by atoms with van der Waals surface area (Å²) in [5.41, 5.74) is 8.56. The zero-order valence-corrected chi connectivity index (χ0v) is 17.2. The summed E-state index contributed by atoms with van der Waals surface area (Å²) in [6, 6.07) is 11.7. The van der Waals surface area contributed by atoms with Crippen LogP contribution in [0.15, 0.2) is 36.4 Å². The molecule has 2 aliphatic heterocycles. The van der Waals surface area contributed by atoms with Crippen LogP contribution in [-0.4, -0.2) is 50.4 Å². The first-order chi connectivity index (χ1) is 14.7. The molecule has 0 spiro atoms. The van der Waals surface area contributed by atoms with Gasteiger partial charge in [0.1, 0.15) is 17.2 Å². The minimum atomic E-state index is -0.810. The van der Waals surface area contributed by atoms with Crippen molar-refractivity contribution in [2.75, 3.05) is 39.4 Å². The van der Waals surface area contributed by atoms with Gasteiger partial charge in [0.15, 0.2) is 0 Å². The molecule has 0 unspecified atom stereocenters. The zero-order chi connectivity index (χ0) is 20.8. The number of aryl methyl sites for hydroxylation is 2. The van der Waals surface area contributed by atoms with Crippen LogP contribution in [0.2, 0.25) is 0 Å². The molecule has 1 fully saturated rings. The average Bonchev–Trinajstić information content (AvgIpc) is 2.92. The maximum atomic E-state index is 11.0. The van der Waals surface area contributed by atoms with Crippen molar-refractivity contribution in [1.82, 2.24) is 10.2 Å². The SMILES string of the molecule is NC(=O)Oc1ccc2c(c1)CCc1cc(CNCCCN3CCOCC3)ccc1O2. The number of benzene rings is 2. The Bertz CT molecular complexity index is 881. The third kappa shape index (κ3) is 5.50. The lowest BCUT2D eigenvalue weighted by Crippen LogP contribution is -2.37. The van der Waals surface area contributed by atoms with Gasteiger partial charge in [-0.05, 0) is 73.3 Å². The van der Waals surface area contributed by atoms with Gasteiger partial charge in [-0.15, -0.1) is 0 Å². The standard InChI is InChI=1S/C23H29N3O4/c24-23(27)29-20-5-7-22-19(15-20)4-3-18-14-17(2-6-21(18)30-22)16-25-8-1-9-26-10-12-28-13-11-26/h2,5-7,14-15,25H,1,3-4,8-13,16H2,(H2,24,27). The van der Waals surface area contributed by atoms with Gasteiger partial charge < -0.3 is 25.3 Å². The van der Waals surface area contributed by atoms with Crippen LogP contribution in [0.3, 0.4) is 0 Å². The molecule has 160 valence electrons. The van der Waals surface area contributed by atoms with E-state index >= 15 is 0 Å². The molecule has 0 aliphatic carbocycles. The van der Waals surface area contributed by atoms with Gasteiger partial charge in [-0.3, -0.25) is 4.90 Å². The molecule has 1 saturated heterocycles. The molecule has 0 radical (unpaired) electrons. The molecule has 4 rings (SSSR count). The van der Waals surface area contributed by atoms with E-state index in [9.17, 15) is 4.79 Å². The van der Waals surface area contributed by atoms with E-state index in [-0.39, 0.29) is 0 Å². The van der Waals surface area contributed by atoms with Crippen LogP contribution in [0.25, 0.3) is 0 Å². The van der Waals surface area contributed by atoms with Crippen molar-refractivity contribution in [3.8, 4) is 17.2 Å². The highest BCUT2D eigenvalue weighted by Crippen LogP contribution is 2.35. The number of primary amides is 1. The van der Waals surface area contributed by atoms with E-state index in [0.717, 1.165) is 82.3 Å². The molecule has 3 N–H and O–H groups in total. The topological polar surface area (TPSA) is 86.1 Å². The van der Waals surface area contributed by atoms with E-state index in [1.165, 1.54) is 11.1 Å². The summed E-state index contributed by atoms with van der Waals surface area (Å²) >= 11 is 0. The van der Waals surface area contributed by atoms with Crippen molar-refractivity contribution in [2.24, 2.45) is 5.73 Å². The Morgan fingerprint density at radius 2 is 1.80 bits per heavy atom. The molecule has 7 nitrogen and oxygen atoms in total. The Balaban J connectivity index is 1.29. The second-order valence-corrected chi connectivity index (χ2v) is 7.72. The number of morpholine rings is 1. The minimum Gasteiger partial charge on any atom is -0.457 e. The lowest BCUT2D eigenvalue weighted by molar-refractivity contribution is 0.0374. The second-order valence-electron chi connectivity index (χ2n) is 7.72. The quantitative estimate of drug-likeness (QED) is 0.682. The van der Waals surface area contributed by atoms with E-state index in [4.69, 9.17) is 19.9 Å². The number of carbonyl (C=O) groups excluding carboxylic acids is 1. The van der Waals surface area contributed by atoms with Crippen LogP contribution in [0.4, 0.5) is 4.79 Å². The van der Waals surface area contributed by atoms with Crippen LogP contribution < -0.4 is 20.5 Å². The number of fused-ring (bicyclic) bond motifs is 2. The van der Waals surface area contributed by atoms with Gasteiger partial charge in [0, 0.05) is 19.6 Å².